The first-order valence-electron chi connectivity index (χ1n) is 19.4. The lowest BCUT2D eigenvalue weighted by molar-refractivity contribution is 0.0571. The second-order valence-corrected chi connectivity index (χ2v) is 17.6. The van der Waals surface area contributed by atoms with Crippen LogP contribution in [0.3, 0.4) is 0 Å². The third-order valence-corrected chi connectivity index (χ3v) is 14.4. The first-order valence-corrected chi connectivity index (χ1v) is 20.9. The normalized spacial score (nSPS) is 21.0. The molecule has 1 N–H and O–H groups in total. The van der Waals surface area contributed by atoms with Crippen molar-refractivity contribution in [2.24, 2.45) is 7.05 Å². The quantitative estimate of drug-likeness (QED) is 0.241. The molecule has 11 nitrogen and oxygen atoms in total. The lowest BCUT2D eigenvalue weighted by atomic mass is 9.81. The van der Waals surface area contributed by atoms with Gasteiger partial charge in [0.05, 0.1) is 42.1 Å². The number of hydrogen-bond acceptors (Lipinski definition) is 7. The van der Waals surface area contributed by atoms with Gasteiger partial charge in [0.25, 0.3) is 11.8 Å². The Balaban J connectivity index is 1.19. The van der Waals surface area contributed by atoms with Gasteiger partial charge in [0, 0.05) is 54.8 Å². The van der Waals surface area contributed by atoms with E-state index >= 15 is 0 Å². The molecule has 278 valence electrons. The molecule has 4 fully saturated rings. The molecular weight excluding hydrogens is 689 g/mol. The van der Waals surface area contributed by atoms with Crippen molar-refractivity contribution in [3.63, 3.8) is 0 Å². The Hall–Kier alpha value is -4.42. The first-order chi connectivity index (χ1) is 25.7. The molecule has 5 heterocycles. The van der Waals surface area contributed by atoms with E-state index in [4.69, 9.17) is 4.74 Å². The fourth-order valence-corrected chi connectivity index (χ4v) is 11.1. The Morgan fingerprint density at radius 2 is 1.74 bits per heavy atom. The third-order valence-electron chi connectivity index (χ3n) is 12.6. The van der Waals surface area contributed by atoms with Gasteiger partial charge in [0.1, 0.15) is 5.75 Å². The van der Waals surface area contributed by atoms with Crippen LogP contribution in [0.4, 0.5) is 0 Å². The van der Waals surface area contributed by atoms with Crippen molar-refractivity contribution in [1.82, 2.24) is 28.9 Å². The van der Waals surface area contributed by atoms with Gasteiger partial charge in [0.2, 0.25) is 10.0 Å². The van der Waals surface area contributed by atoms with Gasteiger partial charge in [0.15, 0.2) is 0 Å². The zero-order chi connectivity index (χ0) is 36.4. The van der Waals surface area contributed by atoms with Gasteiger partial charge in [-0.05, 0) is 104 Å². The SMILES string of the molecule is COc1ccc2c(c1)C=C(c1c(C(=O)N3CCN4CCCC4C3)cnn1C)Cn1c-2c(C2CCCCC2)c2ccc(C(=O)NS(=O)(=O)C3CCC3)cc21. The molecule has 2 aliphatic carbocycles. The van der Waals surface area contributed by atoms with Crippen molar-refractivity contribution >= 4 is 44.4 Å². The van der Waals surface area contributed by atoms with Crippen LogP contribution in [-0.2, 0) is 23.6 Å². The number of nitrogens with zero attached hydrogens (tertiary/aromatic N) is 5. The van der Waals surface area contributed by atoms with Crippen molar-refractivity contribution in [2.45, 2.75) is 88.0 Å². The van der Waals surface area contributed by atoms with E-state index in [0.717, 1.165) is 103 Å². The smallest absolute Gasteiger partial charge is 0.264 e. The van der Waals surface area contributed by atoms with Gasteiger partial charge in [-0.15, -0.1) is 0 Å². The highest BCUT2D eigenvalue weighted by Crippen LogP contribution is 2.48. The number of methoxy groups -OCH3 is 1. The third kappa shape index (κ3) is 5.98. The van der Waals surface area contributed by atoms with Crippen LogP contribution < -0.4 is 9.46 Å². The Morgan fingerprint density at radius 3 is 2.51 bits per heavy atom. The molecule has 1 atom stereocenters. The minimum atomic E-state index is -3.75. The Kier molecular flexibility index (Phi) is 8.72. The summed E-state index contributed by atoms with van der Waals surface area (Å²) in [7, 11) is -0.183. The van der Waals surface area contributed by atoms with Crippen molar-refractivity contribution in [2.75, 3.05) is 33.3 Å². The van der Waals surface area contributed by atoms with Crippen molar-refractivity contribution in [1.29, 1.82) is 0 Å². The number of piperazine rings is 1. The molecule has 5 aliphatic rings. The summed E-state index contributed by atoms with van der Waals surface area (Å²) in [6, 6.07) is 12.2. The molecule has 2 amide bonds. The van der Waals surface area contributed by atoms with Crippen LogP contribution in [0.15, 0.2) is 42.6 Å². The Bertz CT molecular complexity index is 2260. The van der Waals surface area contributed by atoms with Gasteiger partial charge in [-0.3, -0.25) is 19.2 Å². The average Bonchev–Trinajstić information content (AvgIpc) is 3.82. The molecule has 2 aromatic carbocycles. The van der Waals surface area contributed by atoms with Crippen LogP contribution in [0.2, 0.25) is 0 Å². The first kappa shape index (κ1) is 34.4. The number of carbonyl (C=O) groups is 2. The highest BCUT2D eigenvalue weighted by Gasteiger charge is 2.37. The number of aryl methyl sites for hydroxylation is 1. The molecule has 0 spiro atoms. The lowest BCUT2D eigenvalue weighted by Gasteiger charge is -2.37. The summed E-state index contributed by atoms with van der Waals surface area (Å²) in [5.74, 6) is 0.471. The highest BCUT2D eigenvalue weighted by atomic mass is 32.2. The lowest BCUT2D eigenvalue weighted by Crippen LogP contribution is -2.52. The Labute approximate surface area is 311 Å². The van der Waals surface area contributed by atoms with Crippen molar-refractivity contribution < 1.29 is 22.7 Å². The minimum Gasteiger partial charge on any atom is -0.497 e. The topological polar surface area (TPSA) is 119 Å². The maximum Gasteiger partial charge on any atom is 0.264 e. The largest absolute Gasteiger partial charge is 0.497 e. The number of sulfonamides is 1. The van der Waals surface area contributed by atoms with Crippen molar-refractivity contribution in [3.05, 3.63) is 70.5 Å². The molecule has 2 saturated heterocycles. The van der Waals surface area contributed by atoms with Crippen molar-refractivity contribution in [3.8, 4) is 17.0 Å². The van der Waals surface area contributed by atoms with E-state index in [9.17, 15) is 18.0 Å². The van der Waals surface area contributed by atoms with Gasteiger partial charge < -0.3 is 14.2 Å². The number of allylic oxidation sites excluding steroid dienone is 1. The Morgan fingerprint density at radius 1 is 0.906 bits per heavy atom. The summed E-state index contributed by atoms with van der Waals surface area (Å²) in [6.07, 6.45) is 13.9. The van der Waals surface area contributed by atoms with E-state index in [1.165, 1.54) is 18.4 Å². The van der Waals surface area contributed by atoms with E-state index < -0.39 is 21.2 Å². The summed E-state index contributed by atoms with van der Waals surface area (Å²) in [4.78, 5) is 32.5. The second kappa shape index (κ2) is 13.5. The van der Waals surface area contributed by atoms with Crippen LogP contribution in [0.25, 0.3) is 33.8 Å². The minimum absolute atomic E-state index is 0.00257. The zero-order valence-corrected chi connectivity index (χ0v) is 31.5. The van der Waals surface area contributed by atoms with Gasteiger partial charge >= 0.3 is 0 Å². The summed E-state index contributed by atoms with van der Waals surface area (Å²) in [6.45, 7) is 3.85. The summed E-state index contributed by atoms with van der Waals surface area (Å²) in [5.41, 5.74) is 7.88. The van der Waals surface area contributed by atoms with Gasteiger partial charge in [-0.2, -0.15) is 5.10 Å². The number of fused-ring (bicyclic) bond motifs is 6. The van der Waals surface area contributed by atoms with Gasteiger partial charge in [-0.1, -0.05) is 31.7 Å². The maximum absolute atomic E-state index is 14.4. The van der Waals surface area contributed by atoms with Crippen LogP contribution in [0, 0.1) is 0 Å². The molecule has 9 rings (SSSR count). The average molecular weight is 737 g/mol. The fourth-order valence-electron chi connectivity index (χ4n) is 9.60. The van der Waals surface area contributed by atoms with E-state index in [2.05, 4.69) is 37.5 Å². The molecule has 2 aromatic heterocycles. The summed E-state index contributed by atoms with van der Waals surface area (Å²) in [5, 5.41) is 5.22. The van der Waals surface area contributed by atoms with E-state index in [1.807, 2.05) is 34.8 Å². The number of rotatable bonds is 7. The monoisotopic (exact) mass is 736 g/mol. The highest BCUT2D eigenvalue weighted by molar-refractivity contribution is 7.90. The summed E-state index contributed by atoms with van der Waals surface area (Å²) < 4.78 is 38.2. The zero-order valence-electron chi connectivity index (χ0n) is 30.6. The predicted octanol–water partition coefficient (Wildman–Crippen LogP) is 6.18. The molecule has 4 aromatic rings. The number of carbonyl (C=O) groups excluding carboxylic acids is 2. The number of ether oxygens (including phenoxy) is 1. The number of amides is 2. The van der Waals surface area contributed by atoms with Crippen LogP contribution in [0.1, 0.15) is 108 Å². The molecular formula is C41H48N6O5S. The molecule has 0 bridgehead atoms. The maximum atomic E-state index is 14.4. The second-order valence-electron chi connectivity index (χ2n) is 15.7. The van der Waals surface area contributed by atoms with E-state index in [1.54, 1.807) is 19.4 Å². The molecule has 2 saturated carbocycles. The molecule has 1 unspecified atom stereocenters. The fraction of sp³-hybridized carbons (Fsp3) is 0.488. The standard InChI is InChI=1S/C41H48N6O5S/c1-44-38(35(23-42-44)41(49)46-19-18-45-17-7-10-30(45)25-46)29-20-28-21-31(52-2)14-16-33(28)39-37(26-8-4-3-5-9-26)34-15-13-27(22-36(34)47(39)24-29)40(48)43-53(50,51)32-11-6-12-32/h13-16,20-23,26,30,32H,3-12,17-19,24-25H2,1-2H3,(H,43,48). The molecule has 3 aliphatic heterocycles. The van der Waals surface area contributed by atoms with E-state index in [0.29, 0.717) is 49.0 Å². The number of nitrogens with one attached hydrogen (secondary N) is 1. The van der Waals surface area contributed by atoms with E-state index in [-0.39, 0.29) is 5.91 Å². The number of hydrogen-bond donors (Lipinski definition) is 1. The molecule has 12 heteroatoms. The van der Waals surface area contributed by atoms with Crippen LogP contribution in [0.5, 0.6) is 5.75 Å². The molecule has 53 heavy (non-hydrogen) atoms. The van der Waals surface area contributed by atoms with Crippen LogP contribution >= 0.6 is 0 Å². The summed E-state index contributed by atoms with van der Waals surface area (Å²) >= 11 is 0. The predicted molar refractivity (Wildman–Crippen MR) is 205 cm³/mol. The number of benzene rings is 2. The van der Waals surface area contributed by atoms with Crippen LogP contribution in [-0.4, -0.2) is 89.0 Å². The molecule has 0 radical (unpaired) electrons. The van der Waals surface area contributed by atoms with Gasteiger partial charge in [-0.25, -0.2) is 13.1 Å². The number of aromatic nitrogens is 3.